The maximum absolute atomic E-state index is 9.78. The lowest BCUT2D eigenvalue weighted by Gasteiger charge is -2.33. The monoisotopic (exact) mass is 250 g/mol. The second-order valence-electron chi connectivity index (χ2n) is 4.98. The Morgan fingerprint density at radius 3 is 2.83 bits per heavy atom. The molecule has 1 N–H and O–H groups in total. The highest BCUT2D eigenvalue weighted by Gasteiger charge is 2.22. The van der Waals surface area contributed by atoms with Crippen LogP contribution in [-0.4, -0.2) is 36.9 Å². The van der Waals surface area contributed by atoms with E-state index in [2.05, 4.69) is 9.88 Å². The van der Waals surface area contributed by atoms with Gasteiger partial charge in [0.1, 0.15) is 5.82 Å². The highest BCUT2D eigenvalue weighted by Crippen LogP contribution is 2.27. The molecule has 1 aliphatic heterocycles. The Labute approximate surface area is 109 Å². The average molecular weight is 250 g/mol. The molecule has 0 saturated carbocycles. The predicted molar refractivity (Wildman–Crippen MR) is 71.7 cm³/mol. The fourth-order valence-corrected chi connectivity index (χ4v) is 2.55. The van der Waals surface area contributed by atoms with Gasteiger partial charge < -0.3 is 14.7 Å². The van der Waals surface area contributed by atoms with Crippen LogP contribution in [0.3, 0.4) is 0 Å². The molecule has 1 saturated heterocycles. The molecule has 18 heavy (non-hydrogen) atoms. The molecular weight excluding hydrogens is 228 g/mol. The van der Waals surface area contributed by atoms with E-state index >= 15 is 0 Å². The molecule has 0 aliphatic carbocycles. The summed E-state index contributed by atoms with van der Waals surface area (Å²) in [5.41, 5.74) is 0.919. The van der Waals surface area contributed by atoms with E-state index in [0.29, 0.717) is 5.92 Å². The number of hydrogen-bond acceptors (Lipinski definition) is 4. The molecule has 4 heteroatoms. The molecule has 0 bridgehead atoms. The Morgan fingerprint density at radius 2 is 2.22 bits per heavy atom. The third-order valence-corrected chi connectivity index (χ3v) is 3.58. The SMILES string of the molecule is COCC1CCN(c2ncccc2[C@H](C)O)CC1. The number of hydrogen-bond donors (Lipinski definition) is 1. The Hall–Kier alpha value is -1.13. The average Bonchev–Trinajstić information content (AvgIpc) is 2.40. The predicted octanol–water partition coefficient (Wildman–Crippen LogP) is 2.00. The van der Waals surface area contributed by atoms with Crippen molar-refractivity contribution < 1.29 is 9.84 Å². The summed E-state index contributed by atoms with van der Waals surface area (Å²) < 4.78 is 5.21. The lowest BCUT2D eigenvalue weighted by Crippen LogP contribution is -2.36. The molecule has 0 unspecified atom stereocenters. The van der Waals surface area contributed by atoms with E-state index in [1.807, 2.05) is 12.1 Å². The van der Waals surface area contributed by atoms with Gasteiger partial charge in [0.25, 0.3) is 0 Å². The van der Waals surface area contributed by atoms with Crippen LogP contribution in [0.25, 0.3) is 0 Å². The van der Waals surface area contributed by atoms with Crippen molar-refractivity contribution in [1.29, 1.82) is 0 Å². The molecular formula is C14H22N2O2. The number of anilines is 1. The van der Waals surface area contributed by atoms with Gasteiger partial charge in [-0.3, -0.25) is 0 Å². The molecule has 0 spiro atoms. The molecule has 100 valence electrons. The number of aromatic nitrogens is 1. The summed E-state index contributed by atoms with van der Waals surface area (Å²) in [6.07, 6.45) is 3.58. The quantitative estimate of drug-likeness (QED) is 0.887. The second kappa shape index (κ2) is 6.16. The number of ether oxygens (including phenoxy) is 1. The van der Waals surface area contributed by atoms with Crippen molar-refractivity contribution in [3.8, 4) is 0 Å². The minimum absolute atomic E-state index is 0.467. The third kappa shape index (κ3) is 3.00. The molecule has 4 nitrogen and oxygen atoms in total. The van der Waals surface area contributed by atoms with Gasteiger partial charge in [0, 0.05) is 38.6 Å². The zero-order valence-electron chi connectivity index (χ0n) is 11.2. The fraction of sp³-hybridized carbons (Fsp3) is 0.643. The Morgan fingerprint density at radius 1 is 1.50 bits per heavy atom. The molecule has 0 amide bonds. The maximum Gasteiger partial charge on any atom is 0.134 e. The van der Waals surface area contributed by atoms with Crippen molar-refractivity contribution in [3.63, 3.8) is 0 Å². The van der Waals surface area contributed by atoms with E-state index in [1.54, 1.807) is 20.2 Å². The number of aliphatic hydroxyl groups is 1. The van der Waals surface area contributed by atoms with Gasteiger partial charge in [-0.15, -0.1) is 0 Å². The minimum atomic E-state index is -0.467. The van der Waals surface area contributed by atoms with Crippen LogP contribution in [-0.2, 0) is 4.74 Å². The summed E-state index contributed by atoms with van der Waals surface area (Å²) in [6.45, 7) is 4.62. The van der Waals surface area contributed by atoms with Gasteiger partial charge in [0.05, 0.1) is 6.10 Å². The molecule has 1 aromatic rings. The second-order valence-corrected chi connectivity index (χ2v) is 4.98. The van der Waals surface area contributed by atoms with Crippen molar-refractivity contribution in [2.75, 3.05) is 31.7 Å². The first-order valence-corrected chi connectivity index (χ1v) is 6.59. The number of aliphatic hydroxyl groups excluding tert-OH is 1. The van der Waals surface area contributed by atoms with Crippen molar-refractivity contribution in [3.05, 3.63) is 23.9 Å². The molecule has 0 radical (unpaired) electrons. The molecule has 0 aromatic carbocycles. The summed E-state index contributed by atoms with van der Waals surface area (Å²) in [5, 5.41) is 9.78. The zero-order valence-corrected chi connectivity index (χ0v) is 11.2. The van der Waals surface area contributed by atoms with E-state index in [1.165, 1.54) is 0 Å². The largest absolute Gasteiger partial charge is 0.389 e. The topological polar surface area (TPSA) is 45.6 Å². The molecule has 1 fully saturated rings. The van der Waals surface area contributed by atoms with Crippen molar-refractivity contribution in [1.82, 2.24) is 4.98 Å². The highest BCUT2D eigenvalue weighted by atomic mass is 16.5. The lowest BCUT2D eigenvalue weighted by molar-refractivity contribution is 0.138. The van der Waals surface area contributed by atoms with Crippen LogP contribution in [0.15, 0.2) is 18.3 Å². The number of nitrogens with zero attached hydrogens (tertiary/aromatic N) is 2. The van der Waals surface area contributed by atoms with Crippen LogP contribution >= 0.6 is 0 Å². The van der Waals surface area contributed by atoms with Crippen LogP contribution in [0.5, 0.6) is 0 Å². The zero-order chi connectivity index (χ0) is 13.0. The van der Waals surface area contributed by atoms with E-state index in [-0.39, 0.29) is 0 Å². The normalized spacial score (nSPS) is 18.9. The van der Waals surface area contributed by atoms with Crippen LogP contribution in [0.1, 0.15) is 31.4 Å². The maximum atomic E-state index is 9.78. The number of pyridine rings is 1. The molecule has 1 aromatic heterocycles. The minimum Gasteiger partial charge on any atom is -0.389 e. The van der Waals surface area contributed by atoms with E-state index in [0.717, 1.165) is 43.9 Å². The van der Waals surface area contributed by atoms with Crippen LogP contribution in [0.4, 0.5) is 5.82 Å². The van der Waals surface area contributed by atoms with Crippen molar-refractivity contribution in [2.24, 2.45) is 5.92 Å². The molecule has 1 aliphatic rings. The van der Waals surface area contributed by atoms with Gasteiger partial charge in [0.15, 0.2) is 0 Å². The summed E-state index contributed by atoms with van der Waals surface area (Å²) >= 11 is 0. The van der Waals surface area contributed by atoms with Crippen molar-refractivity contribution in [2.45, 2.75) is 25.9 Å². The summed E-state index contributed by atoms with van der Waals surface area (Å²) in [7, 11) is 1.76. The Balaban J connectivity index is 2.05. The first kappa shape index (κ1) is 13.3. The standard InChI is InChI=1S/C14H22N2O2/c1-11(17)13-4-3-7-15-14(13)16-8-5-12(6-9-16)10-18-2/h3-4,7,11-12,17H,5-6,8-10H2,1-2H3/t11-/m0/s1. The highest BCUT2D eigenvalue weighted by molar-refractivity contribution is 5.48. The molecule has 1 atom stereocenters. The van der Waals surface area contributed by atoms with Gasteiger partial charge in [-0.1, -0.05) is 6.07 Å². The Kier molecular flexibility index (Phi) is 4.55. The Bertz CT molecular complexity index is 374. The molecule has 2 rings (SSSR count). The number of piperidine rings is 1. The smallest absolute Gasteiger partial charge is 0.134 e. The van der Waals surface area contributed by atoms with Gasteiger partial charge in [-0.05, 0) is 31.7 Å². The summed E-state index contributed by atoms with van der Waals surface area (Å²) in [6, 6.07) is 3.83. The molecule has 2 heterocycles. The van der Waals surface area contributed by atoms with Gasteiger partial charge in [0.2, 0.25) is 0 Å². The van der Waals surface area contributed by atoms with Crippen LogP contribution in [0.2, 0.25) is 0 Å². The van der Waals surface area contributed by atoms with Crippen molar-refractivity contribution >= 4 is 5.82 Å². The van der Waals surface area contributed by atoms with Gasteiger partial charge in [-0.2, -0.15) is 0 Å². The summed E-state index contributed by atoms with van der Waals surface area (Å²) in [4.78, 5) is 6.70. The van der Waals surface area contributed by atoms with Crippen LogP contribution in [0, 0.1) is 5.92 Å². The van der Waals surface area contributed by atoms with E-state index < -0.39 is 6.10 Å². The fourth-order valence-electron chi connectivity index (χ4n) is 2.55. The van der Waals surface area contributed by atoms with Gasteiger partial charge in [-0.25, -0.2) is 4.98 Å². The summed E-state index contributed by atoms with van der Waals surface area (Å²) in [5.74, 6) is 1.59. The third-order valence-electron chi connectivity index (χ3n) is 3.58. The van der Waals surface area contributed by atoms with Gasteiger partial charge >= 0.3 is 0 Å². The number of methoxy groups -OCH3 is 1. The first-order valence-electron chi connectivity index (χ1n) is 6.59. The van der Waals surface area contributed by atoms with E-state index in [9.17, 15) is 5.11 Å². The first-order chi connectivity index (χ1) is 8.72. The number of rotatable bonds is 4. The lowest BCUT2D eigenvalue weighted by atomic mass is 9.97. The van der Waals surface area contributed by atoms with Crippen LogP contribution < -0.4 is 4.90 Å². The van der Waals surface area contributed by atoms with E-state index in [4.69, 9.17) is 4.74 Å².